The number of unbranched alkanes of at least 4 members (excludes halogenated alkanes) is 15. The van der Waals surface area contributed by atoms with Crippen molar-refractivity contribution in [2.75, 3.05) is 13.1 Å². The Kier molecular flexibility index (Phi) is 11.7. The number of rotatable bonds is 17. The van der Waals surface area contributed by atoms with Gasteiger partial charge >= 0.3 is 0 Å². The Morgan fingerprint density at radius 3 is 2.05 bits per heavy atom. The standard InChI is InChI=1S/C35H55N3O/c1-4-5-6-7-8-9-10-11-12-13-14-15-16-17-18-19-26-38-27-20-24-34(2,3)35(38)29-37-33-31-28-36-25-23-30(31)21-22-32(33)39-35/h21-23,25,28-29H,4-20,24,26-27H2,1-3H3. The maximum Gasteiger partial charge on any atom is 0.204 e. The average Bonchev–Trinajstić information content (AvgIpc) is 2.94. The van der Waals surface area contributed by atoms with Gasteiger partial charge in [-0.1, -0.05) is 123 Å². The van der Waals surface area contributed by atoms with Gasteiger partial charge in [-0.15, -0.1) is 0 Å². The summed E-state index contributed by atoms with van der Waals surface area (Å²) in [5, 5.41) is 2.23. The van der Waals surface area contributed by atoms with E-state index in [1.807, 2.05) is 18.5 Å². The van der Waals surface area contributed by atoms with E-state index in [4.69, 9.17) is 9.73 Å². The smallest absolute Gasteiger partial charge is 0.204 e. The van der Waals surface area contributed by atoms with E-state index in [9.17, 15) is 0 Å². The highest BCUT2D eigenvalue weighted by Crippen LogP contribution is 2.49. The molecule has 0 radical (unpaired) electrons. The zero-order valence-electron chi connectivity index (χ0n) is 25.4. The van der Waals surface area contributed by atoms with Crippen molar-refractivity contribution in [3.8, 4) is 5.75 Å². The Labute approximate surface area is 239 Å². The van der Waals surface area contributed by atoms with Gasteiger partial charge in [-0.3, -0.25) is 14.9 Å². The lowest BCUT2D eigenvalue weighted by Crippen LogP contribution is -2.66. The predicted octanol–water partition coefficient (Wildman–Crippen LogP) is 10.4. The predicted molar refractivity (Wildman–Crippen MR) is 167 cm³/mol. The van der Waals surface area contributed by atoms with Crippen LogP contribution in [0.25, 0.3) is 10.8 Å². The third-order valence-corrected chi connectivity index (χ3v) is 9.34. The lowest BCUT2D eigenvalue weighted by molar-refractivity contribution is -0.134. The minimum Gasteiger partial charge on any atom is -0.464 e. The van der Waals surface area contributed by atoms with E-state index in [2.05, 4.69) is 49.0 Å². The number of nitrogens with zero attached hydrogens (tertiary/aromatic N) is 3. The molecule has 0 bridgehead atoms. The summed E-state index contributed by atoms with van der Waals surface area (Å²) in [6, 6.07) is 6.29. The molecule has 0 saturated carbocycles. The van der Waals surface area contributed by atoms with Crippen LogP contribution in [0, 0.1) is 5.41 Å². The van der Waals surface area contributed by atoms with E-state index in [0.29, 0.717) is 0 Å². The monoisotopic (exact) mass is 533 g/mol. The van der Waals surface area contributed by atoms with E-state index in [1.54, 1.807) is 0 Å². The van der Waals surface area contributed by atoms with E-state index in [0.717, 1.165) is 41.7 Å². The first-order chi connectivity index (χ1) is 19.1. The molecular formula is C35H55N3O. The number of hydrogen-bond donors (Lipinski definition) is 0. The Bertz CT molecular complexity index is 1030. The molecule has 1 spiro atoms. The van der Waals surface area contributed by atoms with Crippen LogP contribution in [-0.2, 0) is 0 Å². The molecule has 3 heterocycles. The zero-order valence-corrected chi connectivity index (χ0v) is 25.4. The van der Waals surface area contributed by atoms with Gasteiger partial charge in [0.15, 0.2) is 0 Å². The largest absolute Gasteiger partial charge is 0.464 e. The lowest BCUT2D eigenvalue weighted by atomic mass is 9.73. The normalized spacial score (nSPS) is 20.4. The van der Waals surface area contributed by atoms with Crippen LogP contribution in [0.3, 0.4) is 0 Å². The Balaban J connectivity index is 1.15. The van der Waals surface area contributed by atoms with Gasteiger partial charge in [0.25, 0.3) is 0 Å². The van der Waals surface area contributed by atoms with Crippen LogP contribution in [0.5, 0.6) is 5.75 Å². The fourth-order valence-corrected chi connectivity index (χ4v) is 6.76. The van der Waals surface area contributed by atoms with Crippen molar-refractivity contribution >= 4 is 22.7 Å². The maximum atomic E-state index is 6.92. The second-order valence-electron chi connectivity index (χ2n) is 12.8. The van der Waals surface area contributed by atoms with Crippen LogP contribution < -0.4 is 4.74 Å². The van der Waals surface area contributed by atoms with E-state index in [-0.39, 0.29) is 5.41 Å². The molecule has 2 aliphatic heterocycles. The highest BCUT2D eigenvalue weighted by atomic mass is 16.5. The van der Waals surface area contributed by atoms with Gasteiger partial charge in [-0.05, 0) is 36.8 Å². The van der Waals surface area contributed by atoms with Crippen LogP contribution in [0.1, 0.15) is 136 Å². The number of aliphatic imine (C=N–C) groups is 1. The van der Waals surface area contributed by atoms with Crippen molar-refractivity contribution in [1.82, 2.24) is 9.88 Å². The van der Waals surface area contributed by atoms with Gasteiger partial charge in [-0.2, -0.15) is 0 Å². The van der Waals surface area contributed by atoms with E-state index in [1.165, 1.54) is 109 Å². The van der Waals surface area contributed by atoms with Gasteiger partial charge in [0.05, 0.1) is 6.21 Å². The number of fused-ring (bicyclic) bond motifs is 3. The molecule has 4 nitrogen and oxygen atoms in total. The minimum atomic E-state index is -0.469. The maximum absolute atomic E-state index is 6.92. The summed E-state index contributed by atoms with van der Waals surface area (Å²) in [5.41, 5.74) is 0.463. The lowest BCUT2D eigenvalue weighted by Gasteiger charge is -2.55. The molecule has 1 saturated heterocycles. The molecule has 1 unspecified atom stereocenters. The first-order valence-corrected chi connectivity index (χ1v) is 16.4. The number of aromatic nitrogens is 1. The molecule has 2 aromatic rings. The molecule has 1 aromatic heterocycles. The second-order valence-corrected chi connectivity index (χ2v) is 12.8. The van der Waals surface area contributed by atoms with Crippen LogP contribution in [0.15, 0.2) is 35.6 Å². The van der Waals surface area contributed by atoms with Crippen molar-refractivity contribution in [3.63, 3.8) is 0 Å². The number of pyridine rings is 1. The number of benzene rings is 1. The fraction of sp³-hybridized carbons (Fsp3) is 0.714. The number of ether oxygens (including phenoxy) is 1. The molecule has 0 amide bonds. The van der Waals surface area contributed by atoms with Crippen LogP contribution in [0.4, 0.5) is 5.69 Å². The first-order valence-electron chi connectivity index (χ1n) is 16.4. The summed E-state index contributed by atoms with van der Waals surface area (Å²) < 4.78 is 6.92. The Morgan fingerprint density at radius 1 is 0.795 bits per heavy atom. The second kappa shape index (κ2) is 15.2. The highest BCUT2D eigenvalue weighted by molar-refractivity contribution is 5.97. The zero-order chi connectivity index (χ0) is 27.4. The van der Waals surface area contributed by atoms with Gasteiger partial charge in [0.1, 0.15) is 11.4 Å². The molecule has 4 heteroatoms. The van der Waals surface area contributed by atoms with Crippen molar-refractivity contribution < 1.29 is 4.74 Å². The highest BCUT2D eigenvalue weighted by Gasteiger charge is 2.54. The summed E-state index contributed by atoms with van der Waals surface area (Å²) in [5.74, 6) is 0.893. The summed E-state index contributed by atoms with van der Waals surface area (Å²) in [7, 11) is 0. The number of piperidine rings is 1. The summed E-state index contributed by atoms with van der Waals surface area (Å²) in [6.07, 6.45) is 30.7. The molecule has 1 atom stereocenters. The Morgan fingerprint density at radius 2 is 1.41 bits per heavy atom. The van der Waals surface area contributed by atoms with E-state index < -0.39 is 5.72 Å². The molecule has 216 valence electrons. The Hall–Kier alpha value is -1.94. The van der Waals surface area contributed by atoms with Crippen molar-refractivity contribution in [2.45, 2.75) is 142 Å². The van der Waals surface area contributed by atoms with Gasteiger partial charge in [0.2, 0.25) is 5.72 Å². The van der Waals surface area contributed by atoms with E-state index >= 15 is 0 Å². The third kappa shape index (κ3) is 7.84. The average molecular weight is 534 g/mol. The molecule has 2 aliphatic rings. The van der Waals surface area contributed by atoms with Gasteiger partial charge < -0.3 is 4.74 Å². The molecule has 4 rings (SSSR count). The molecular weight excluding hydrogens is 478 g/mol. The molecule has 0 aliphatic carbocycles. The van der Waals surface area contributed by atoms with Crippen molar-refractivity contribution in [1.29, 1.82) is 0 Å². The first kappa shape index (κ1) is 30.0. The SMILES string of the molecule is CCCCCCCCCCCCCCCCCCN1CCCC(C)(C)C12C=Nc1c(ccc3ccncc13)O2. The van der Waals surface area contributed by atoms with Crippen molar-refractivity contribution in [3.05, 3.63) is 30.6 Å². The van der Waals surface area contributed by atoms with Crippen LogP contribution >= 0.6 is 0 Å². The van der Waals surface area contributed by atoms with Crippen LogP contribution in [-0.4, -0.2) is 34.9 Å². The minimum absolute atomic E-state index is 0.00534. The molecule has 0 N–H and O–H groups in total. The molecule has 1 aromatic carbocycles. The summed E-state index contributed by atoms with van der Waals surface area (Å²) in [4.78, 5) is 12.0. The number of likely N-dealkylation sites (tertiary alicyclic amines) is 1. The third-order valence-electron chi connectivity index (χ3n) is 9.34. The molecule has 1 fully saturated rings. The van der Waals surface area contributed by atoms with Gasteiger partial charge in [0, 0.05) is 36.3 Å². The number of hydrogen-bond acceptors (Lipinski definition) is 4. The quantitative estimate of drug-likeness (QED) is 0.190. The summed E-state index contributed by atoms with van der Waals surface area (Å²) in [6.45, 7) is 9.17. The summed E-state index contributed by atoms with van der Waals surface area (Å²) >= 11 is 0. The fourth-order valence-electron chi connectivity index (χ4n) is 6.76. The van der Waals surface area contributed by atoms with Crippen molar-refractivity contribution in [2.24, 2.45) is 10.4 Å². The van der Waals surface area contributed by atoms with Gasteiger partial charge in [-0.25, -0.2) is 0 Å². The topological polar surface area (TPSA) is 37.7 Å². The molecule has 39 heavy (non-hydrogen) atoms. The van der Waals surface area contributed by atoms with Crippen LogP contribution in [0.2, 0.25) is 0 Å².